The minimum absolute atomic E-state index is 0.211. The van der Waals surface area contributed by atoms with Crippen LogP contribution in [-0.4, -0.2) is 49.2 Å². The van der Waals surface area contributed by atoms with Crippen LogP contribution in [0.2, 0.25) is 0 Å². The van der Waals surface area contributed by atoms with Gasteiger partial charge in [-0.1, -0.05) is 20.3 Å². The van der Waals surface area contributed by atoms with E-state index in [0.717, 1.165) is 30.5 Å². The van der Waals surface area contributed by atoms with Crippen molar-refractivity contribution < 1.29 is 9.53 Å². The summed E-state index contributed by atoms with van der Waals surface area (Å²) in [6.45, 7) is 8.18. The molecule has 28 heavy (non-hydrogen) atoms. The van der Waals surface area contributed by atoms with E-state index in [0.29, 0.717) is 12.2 Å². The molecule has 3 rings (SSSR count). The Morgan fingerprint density at radius 3 is 2.50 bits per heavy atom. The van der Waals surface area contributed by atoms with Crippen LogP contribution in [0.15, 0.2) is 15.9 Å². The van der Waals surface area contributed by atoms with Crippen molar-refractivity contribution in [3.63, 3.8) is 0 Å². The average molecular weight is 391 g/mol. The lowest BCUT2D eigenvalue weighted by molar-refractivity contribution is -0.153. The van der Waals surface area contributed by atoms with Gasteiger partial charge >= 0.3 is 11.7 Å². The van der Waals surface area contributed by atoms with Crippen LogP contribution in [0.1, 0.15) is 46.3 Å². The lowest BCUT2D eigenvalue weighted by Crippen LogP contribution is -2.40. The normalized spacial score (nSPS) is 16.6. The molecule has 0 radical (unpaired) electrons. The number of imidazole rings is 1. The number of aromatic nitrogens is 4. The lowest BCUT2D eigenvalue weighted by atomic mass is 10.1. The van der Waals surface area contributed by atoms with Gasteiger partial charge in [-0.2, -0.15) is 0 Å². The van der Waals surface area contributed by atoms with E-state index in [1.54, 1.807) is 6.92 Å². The maximum absolute atomic E-state index is 12.7. The number of rotatable bonds is 6. The summed E-state index contributed by atoms with van der Waals surface area (Å²) >= 11 is 0. The van der Waals surface area contributed by atoms with E-state index < -0.39 is 17.5 Å². The molecule has 0 saturated carbocycles. The number of nitrogens with zero attached hydrogens (tertiary/aromatic N) is 5. The Morgan fingerprint density at radius 2 is 1.86 bits per heavy atom. The molecule has 3 heterocycles. The Hall–Kier alpha value is -2.42. The van der Waals surface area contributed by atoms with Crippen LogP contribution < -0.4 is 11.2 Å². The van der Waals surface area contributed by atoms with Crippen molar-refractivity contribution in [2.75, 3.05) is 19.6 Å². The number of fused-ring (bicyclic) bond motifs is 1. The van der Waals surface area contributed by atoms with Crippen molar-refractivity contribution >= 4 is 17.1 Å². The maximum atomic E-state index is 12.7. The molecular weight excluding hydrogens is 362 g/mol. The highest BCUT2D eigenvalue weighted by Crippen LogP contribution is 2.16. The van der Waals surface area contributed by atoms with E-state index in [-0.39, 0.29) is 23.9 Å². The summed E-state index contributed by atoms with van der Waals surface area (Å²) in [5, 5.41) is 0. The fourth-order valence-corrected chi connectivity index (χ4v) is 3.66. The van der Waals surface area contributed by atoms with Gasteiger partial charge in [0.2, 0.25) is 0 Å². The average Bonchev–Trinajstić information content (AvgIpc) is 3.09. The quantitative estimate of drug-likeness (QED) is 0.685. The van der Waals surface area contributed by atoms with Gasteiger partial charge in [-0.15, -0.1) is 0 Å². The topological polar surface area (TPSA) is 91.4 Å². The van der Waals surface area contributed by atoms with Gasteiger partial charge in [-0.3, -0.25) is 28.2 Å². The summed E-state index contributed by atoms with van der Waals surface area (Å²) in [4.78, 5) is 43.9. The van der Waals surface area contributed by atoms with Crippen molar-refractivity contribution in [1.29, 1.82) is 0 Å². The van der Waals surface area contributed by atoms with Crippen LogP contribution in [0.5, 0.6) is 0 Å². The molecule has 0 bridgehead atoms. The highest BCUT2D eigenvalue weighted by atomic mass is 16.6. The largest absolute Gasteiger partial charge is 0.441 e. The standard InChI is InChI=1S/C19H29N5O4/c1-13(2)10-23-17-16(18(26)21(4)19(23)27)24(12-20-17)14(3)28-15(25)11-22-8-6-5-7-9-22/h12-14H,5-11H2,1-4H3. The number of esters is 1. The van der Waals surface area contributed by atoms with E-state index in [9.17, 15) is 14.4 Å². The van der Waals surface area contributed by atoms with Crippen molar-refractivity contribution in [1.82, 2.24) is 23.6 Å². The third-order valence-corrected chi connectivity index (χ3v) is 5.10. The molecule has 2 aromatic rings. The predicted molar refractivity (Wildman–Crippen MR) is 105 cm³/mol. The Labute approximate surface area is 163 Å². The molecule has 0 amide bonds. The molecule has 0 spiro atoms. The zero-order valence-corrected chi connectivity index (χ0v) is 17.1. The SMILES string of the molecule is CC(C)Cn1c(=O)n(C)c(=O)c2c1ncn2C(C)OC(=O)CN1CCCCC1. The Bertz CT molecular complexity index is 965. The lowest BCUT2D eigenvalue weighted by Gasteiger charge is -2.26. The summed E-state index contributed by atoms with van der Waals surface area (Å²) in [6, 6.07) is 0. The van der Waals surface area contributed by atoms with Gasteiger partial charge in [0.1, 0.15) is 6.33 Å². The molecule has 1 unspecified atom stereocenters. The Balaban J connectivity index is 1.88. The molecule has 9 heteroatoms. The molecular formula is C19H29N5O4. The number of hydrogen-bond donors (Lipinski definition) is 0. The summed E-state index contributed by atoms with van der Waals surface area (Å²) < 4.78 is 9.66. The van der Waals surface area contributed by atoms with Gasteiger partial charge in [-0.05, 0) is 38.8 Å². The van der Waals surface area contributed by atoms with Crippen molar-refractivity contribution in [2.24, 2.45) is 13.0 Å². The molecule has 0 N–H and O–H groups in total. The fourth-order valence-electron chi connectivity index (χ4n) is 3.66. The van der Waals surface area contributed by atoms with Crippen LogP contribution in [0.4, 0.5) is 0 Å². The number of piperidine rings is 1. The van der Waals surface area contributed by atoms with Gasteiger partial charge in [-0.25, -0.2) is 9.78 Å². The monoisotopic (exact) mass is 391 g/mol. The zero-order valence-electron chi connectivity index (χ0n) is 17.1. The van der Waals surface area contributed by atoms with Gasteiger partial charge < -0.3 is 4.74 Å². The number of carbonyl (C=O) groups excluding carboxylic acids is 1. The summed E-state index contributed by atoms with van der Waals surface area (Å²) in [6.07, 6.45) is 4.16. The van der Waals surface area contributed by atoms with E-state index in [4.69, 9.17) is 4.74 Å². The smallest absolute Gasteiger partial charge is 0.332 e. The first-order valence-corrected chi connectivity index (χ1v) is 9.87. The summed E-state index contributed by atoms with van der Waals surface area (Å²) in [5.41, 5.74) is -0.260. The fraction of sp³-hybridized carbons (Fsp3) is 0.684. The van der Waals surface area contributed by atoms with Gasteiger partial charge in [0.25, 0.3) is 5.56 Å². The van der Waals surface area contributed by atoms with Crippen LogP contribution in [-0.2, 0) is 23.1 Å². The van der Waals surface area contributed by atoms with E-state index in [2.05, 4.69) is 9.88 Å². The molecule has 0 aromatic carbocycles. The van der Waals surface area contributed by atoms with Gasteiger partial charge in [0.15, 0.2) is 17.4 Å². The van der Waals surface area contributed by atoms with Crippen molar-refractivity contribution in [3.05, 3.63) is 27.2 Å². The highest BCUT2D eigenvalue weighted by molar-refractivity contribution is 5.73. The molecule has 1 saturated heterocycles. The highest BCUT2D eigenvalue weighted by Gasteiger charge is 2.22. The third kappa shape index (κ3) is 4.04. The minimum atomic E-state index is -0.694. The molecule has 2 aromatic heterocycles. The van der Waals surface area contributed by atoms with Crippen LogP contribution >= 0.6 is 0 Å². The first kappa shape index (κ1) is 20.3. The third-order valence-electron chi connectivity index (χ3n) is 5.10. The summed E-state index contributed by atoms with van der Waals surface area (Å²) in [7, 11) is 1.45. The van der Waals surface area contributed by atoms with Crippen molar-refractivity contribution in [3.8, 4) is 0 Å². The van der Waals surface area contributed by atoms with E-state index in [1.807, 2.05) is 13.8 Å². The number of hydrogen-bond acceptors (Lipinski definition) is 6. The molecule has 1 atom stereocenters. The summed E-state index contributed by atoms with van der Waals surface area (Å²) in [5.74, 6) is -0.119. The first-order valence-electron chi connectivity index (χ1n) is 9.87. The van der Waals surface area contributed by atoms with Gasteiger partial charge in [0.05, 0.1) is 6.54 Å². The van der Waals surface area contributed by atoms with Crippen molar-refractivity contribution in [2.45, 2.75) is 52.8 Å². The molecule has 9 nitrogen and oxygen atoms in total. The zero-order chi connectivity index (χ0) is 20.4. The molecule has 1 fully saturated rings. The van der Waals surface area contributed by atoms with Crippen LogP contribution in [0.3, 0.4) is 0 Å². The second kappa shape index (κ2) is 8.30. The minimum Gasteiger partial charge on any atom is -0.441 e. The molecule has 154 valence electrons. The Morgan fingerprint density at radius 1 is 1.18 bits per heavy atom. The first-order chi connectivity index (χ1) is 13.3. The Kier molecular flexibility index (Phi) is 6.02. The molecule has 0 aliphatic carbocycles. The van der Waals surface area contributed by atoms with Gasteiger partial charge in [0, 0.05) is 13.6 Å². The number of carbonyl (C=O) groups is 1. The van der Waals surface area contributed by atoms with E-state index in [1.165, 1.54) is 28.9 Å². The second-order valence-electron chi connectivity index (χ2n) is 7.90. The van der Waals surface area contributed by atoms with E-state index >= 15 is 0 Å². The molecule has 1 aliphatic heterocycles. The van der Waals surface area contributed by atoms with Crippen LogP contribution in [0, 0.1) is 5.92 Å². The predicted octanol–water partition coefficient (Wildman–Crippen LogP) is 1.10. The molecule has 1 aliphatic rings. The maximum Gasteiger partial charge on any atom is 0.332 e. The number of likely N-dealkylation sites (tertiary alicyclic amines) is 1. The number of ether oxygens (including phenoxy) is 1. The van der Waals surface area contributed by atoms with Crippen LogP contribution in [0.25, 0.3) is 11.2 Å². The second-order valence-corrected chi connectivity index (χ2v) is 7.90.